The number of carbonyl (C=O) groups excluding carboxylic acids is 1. The Balaban J connectivity index is 1.70. The molecule has 0 aromatic heterocycles. The largest absolute Gasteiger partial charge is 0.494 e. The topological polar surface area (TPSA) is 75.7 Å². The molecule has 1 N–H and O–H groups in total. The summed E-state index contributed by atoms with van der Waals surface area (Å²) >= 11 is 0. The maximum Gasteiger partial charge on any atom is 0.243 e. The standard InChI is InChI=1S/C22H30N2O4S/c1-3-24(4-2)29(26,27)21-14-11-19(12-15-21)13-16-22(25)23-17-8-18-28-20-9-6-5-7-10-20/h5-7,9-12,14-15H,3-4,8,13,16-18H2,1-2H3,(H,23,25). The Labute approximate surface area is 173 Å². The van der Waals surface area contributed by atoms with Crippen molar-refractivity contribution in [1.82, 2.24) is 9.62 Å². The molecule has 0 fully saturated rings. The highest BCUT2D eigenvalue weighted by Gasteiger charge is 2.21. The van der Waals surface area contributed by atoms with E-state index in [1.54, 1.807) is 24.3 Å². The minimum atomic E-state index is -3.44. The Kier molecular flexibility index (Phi) is 9.15. The minimum Gasteiger partial charge on any atom is -0.494 e. The molecule has 0 bridgehead atoms. The molecule has 158 valence electrons. The average molecular weight is 419 g/mol. The van der Waals surface area contributed by atoms with Crippen LogP contribution >= 0.6 is 0 Å². The van der Waals surface area contributed by atoms with Gasteiger partial charge in [0.25, 0.3) is 0 Å². The number of hydrogen-bond acceptors (Lipinski definition) is 4. The highest BCUT2D eigenvalue weighted by molar-refractivity contribution is 7.89. The van der Waals surface area contributed by atoms with Gasteiger partial charge in [-0.15, -0.1) is 0 Å². The number of hydrogen-bond donors (Lipinski definition) is 1. The molecule has 2 aromatic carbocycles. The highest BCUT2D eigenvalue weighted by Crippen LogP contribution is 2.17. The van der Waals surface area contributed by atoms with Gasteiger partial charge >= 0.3 is 0 Å². The van der Waals surface area contributed by atoms with E-state index in [1.165, 1.54) is 4.31 Å². The maximum absolute atomic E-state index is 12.5. The van der Waals surface area contributed by atoms with E-state index in [9.17, 15) is 13.2 Å². The minimum absolute atomic E-state index is 0.0236. The molecule has 2 aromatic rings. The molecule has 7 heteroatoms. The van der Waals surface area contributed by atoms with E-state index in [0.29, 0.717) is 39.1 Å². The first-order valence-corrected chi connectivity index (χ1v) is 11.4. The molecule has 0 spiro atoms. The van der Waals surface area contributed by atoms with Crippen LogP contribution in [0.5, 0.6) is 5.75 Å². The fourth-order valence-corrected chi connectivity index (χ4v) is 4.35. The second-order valence-corrected chi connectivity index (χ2v) is 8.54. The van der Waals surface area contributed by atoms with Crippen molar-refractivity contribution in [3.8, 4) is 5.75 Å². The lowest BCUT2D eigenvalue weighted by molar-refractivity contribution is -0.121. The first-order valence-electron chi connectivity index (χ1n) is 10.0. The molecule has 29 heavy (non-hydrogen) atoms. The van der Waals surface area contributed by atoms with Crippen molar-refractivity contribution in [2.24, 2.45) is 0 Å². The van der Waals surface area contributed by atoms with E-state index in [2.05, 4.69) is 5.32 Å². The number of carbonyl (C=O) groups is 1. The van der Waals surface area contributed by atoms with Gasteiger partial charge in [0, 0.05) is 26.1 Å². The lowest BCUT2D eigenvalue weighted by Gasteiger charge is -2.18. The summed E-state index contributed by atoms with van der Waals surface area (Å²) in [4.78, 5) is 12.3. The molecule has 0 saturated heterocycles. The summed E-state index contributed by atoms with van der Waals surface area (Å²) in [7, 11) is -3.44. The molecule has 0 radical (unpaired) electrons. The highest BCUT2D eigenvalue weighted by atomic mass is 32.2. The molecule has 0 aliphatic carbocycles. The summed E-state index contributed by atoms with van der Waals surface area (Å²) in [5.74, 6) is 0.801. The molecular weight excluding hydrogens is 388 g/mol. The van der Waals surface area contributed by atoms with Gasteiger partial charge in [-0.2, -0.15) is 4.31 Å². The van der Waals surface area contributed by atoms with Gasteiger partial charge in [-0.3, -0.25) is 4.79 Å². The number of nitrogens with one attached hydrogen (secondary N) is 1. The predicted octanol–water partition coefficient (Wildman–Crippen LogP) is 3.24. The molecular formula is C22H30N2O4S. The van der Waals surface area contributed by atoms with Gasteiger partial charge in [-0.1, -0.05) is 44.2 Å². The molecule has 0 atom stereocenters. The van der Waals surface area contributed by atoms with E-state index in [1.807, 2.05) is 44.2 Å². The number of rotatable bonds is 12. The summed E-state index contributed by atoms with van der Waals surface area (Å²) in [5, 5.41) is 2.88. The number of amides is 1. The van der Waals surface area contributed by atoms with E-state index < -0.39 is 10.0 Å². The van der Waals surface area contributed by atoms with Gasteiger partial charge in [0.15, 0.2) is 0 Å². The van der Waals surface area contributed by atoms with Crippen LogP contribution in [0.2, 0.25) is 0 Å². The molecule has 6 nitrogen and oxygen atoms in total. The van der Waals surface area contributed by atoms with Crippen LogP contribution < -0.4 is 10.1 Å². The van der Waals surface area contributed by atoms with Crippen molar-refractivity contribution >= 4 is 15.9 Å². The van der Waals surface area contributed by atoms with Gasteiger partial charge in [0.2, 0.25) is 15.9 Å². The van der Waals surface area contributed by atoms with Crippen LogP contribution in [0.4, 0.5) is 0 Å². The molecule has 0 aliphatic rings. The van der Waals surface area contributed by atoms with Crippen molar-refractivity contribution in [2.45, 2.75) is 38.0 Å². The summed E-state index contributed by atoms with van der Waals surface area (Å²) < 4.78 is 32.0. The average Bonchev–Trinajstić information content (AvgIpc) is 2.74. The van der Waals surface area contributed by atoms with Gasteiger partial charge in [-0.25, -0.2) is 8.42 Å². The van der Waals surface area contributed by atoms with Crippen molar-refractivity contribution in [3.05, 3.63) is 60.2 Å². The fourth-order valence-electron chi connectivity index (χ4n) is 2.89. The lowest BCUT2D eigenvalue weighted by atomic mass is 10.1. The molecule has 0 unspecified atom stereocenters. The molecule has 0 heterocycles. The Hall–Kier alpha value is -2.38. The Bertz CT molecular complexity index is 848. The smallest absolute Gasteiger partial charge is 0.243 e. The van der Waals surface area contributed by atoms with Gasteiger partial charge in [0.1, 0.15) is 5.75 Å². The van der Waals surface area contributed by atoms with Crippen LogP contribution in [0.25, 0.3) is 0 Å². The SMILES string of the molecule is CCN(CC)S(=O)(=O)c1ccc(CCC(=O)NCCCOc2ccccc2)cc1. The van der Waals surface area contributed by atoms with Gasteiger partial charge < -0.3 is 10.1 Å². The molecule has 1 amide bonds. The first-order chi connectivity index (χ1) is 14.0. The third kappa shape index (κ3) is 7.18. The Morgan fingerprint density at radius 3 is 2.28 bits per heavy atom. The Morgan fingerprint density at radius 1 is 1.00 bits per heavy atom. The third-order valence-electron chi connectivity index (χ3n) is 4.56. The van der Waals surface area contributed by atoms with Crippen molar-refractivity contribution < 1.29 is 17.9 Å². The number of benzene rings is 2. The van der Waals surface area contributed by atoms with E-state index in [-0.39, 0.29) is 10.8 Å². The van der Waals surface area contributed by atoms with Crippen LogP contribution in [0, 0.1) is 0 Å². The second-order valence-electron chi connectivity index (χ2n) is 6.60. The Morgan fingerprint density at radius 2 is 1.66 bits per heavy atom. The second kappa shape index (κ2) is 11.6. The zero-order chi connectivity index (χ0) is 21.1. The van der Waals surface area contributed by atoms with Gasteiger partial charge in [0.05, 0.1) is 11.5 Å². The van der Waals surface area contributed by atoms with E-state index in [0.717, 1.165) is 17.7 Å². The van der Waals surface area contributed by atoms with Crippen molar-refractivity contribution in [1.29, 1.82) is 0 Å². The van der Waals surface area contributed by atoms with Crippen LogP contribution in [0.3, 0.4) is 0 Å². The zero-order valence-corrected chi connectivity index (χ0v) is 18.0. The summed E-state index contributed by atoms with van der Waals surface area (Å²) in [6, 6.07) is 16.3. The summed E-state index contributed by atoms with van der Waals surface area (Å²) in [5.41, 5.74) is 0.936. The van der Waals surface area contributed by atoms with Crippen LogP contribution in [0.1, 0.15) is 32.3 Å². The molecule has 2 rings (SSSR count). The zero-order valence-electron chi connectivity index (χ0n) is 17.1. The van der Waals surface area contributed by atoms with Crippen LogP contribution in [0.15, 0.2) is 59.5 Å². The predicted molar refractivity (Wildman–Crippen MR) is 114 cm³/mol. The number of ether oxygens (including phenoxy) is 1. The normalized spacial score (nSPS) is 11.4. The number of para-hydroxylation sites is 1. The summed E-state index contributed by atoms with van der Waals surface area (Å²) in [6.45, 7) is 5.64. The van der Waals surface area contributed by atoms with Crippen LogP contribution in [-0.2, 0) is 21.2 Å². The first kappa shape index (κ1) is 22.9. The van der Waals surface area contributed by atoms with Crippen LogP contribution in [-0.4, -0.2) is 44.9 Å². The molecule has 0 aliphatic heterocycles. The number of nitrogens with zero attached hydrogens (tertiary/aromatic N) is 1. The van der Waals surface area contributed by atoms with Gasteiger partial charge in [-0.05, 0) is 42.7 Å². The van der Waals surface area contributed by atoms with E-state index in [4.69, 9.17) is 4.74 Å². The lowest BCUT2D eigenvalue weighted by Crippen LogP contribution is -2.30. The fraction of sp³-hybridized carbons (Fsp3) is 0.409. The monoisotopic (exact) mass is 418 g/mol. The van der Waals surface area contributed by atoms with Crippen molar-refractivity contribution in [2.75, 3.05) is 26.2 Å². The quantitative estimate of drug-likeness (QED) is 0.537. The third-order valence-corrected chi connectivity index (χ3v) is 6.63. The number of sulfonamides is 1. The van der Waals surface area contributed by atoms with Crippen molar-refractivity contribution in [3.63, 3.8) is 0 Å². The van der Waals surface area contributed by atoms with E-state index >= 15 is 0 Å². The summed E-state index contributed by atoms with van der Waals surface area (Å²) in [6.07, 6.45) is 1.66. The maximum atomic E-state index is 12.5. The number of aryl methyl sites for hydroxylation is 1. The molecule has 0 saturated carbocycles.